The minimum atomic E-state index is -1.31. The third kappa shape index (κ3) is 3.34. The highest BCUT2D eigenvalue weighted by Crippen LogP contribution is 2.19. The lowest BCUT2D eigenvalue weighted by atomic mass is 10.00. The number of carbonyl (C=O) groups excluding carboxylic acids is 1. The van der Waals surface area contributed by atoms with Crippen LogP contribution in [-0.2, 0) is 9.53 Å². The van der Waals surface area contributed by atoms with E-state index in [-0.39, 0.29) is 6.61 Å². The summed E-state index contributed by atoms with van der Waals surface area (Å²) < 4.78 is 4.61. The molecule has 2 N–H and O–H groups in total. The topological polar surface area (TPSA) is 66.8 Å². The molecule has 0 amide bonds. The number of aliphatic hydroxyl groups is 2. The van der Waals surface area contributed by atoms with Crippen molar-refractivity contribution < 1.29 is 19.7 Å². The van der Waals surface area contributed by atoms with Crippen LogP contribution in [0, 0.1) is 0 Å². The highest BCUT2D eigenvalue weighted by atomic mass is 16.6. The van der Waals surface area contributed by atoms with Gasteiger partial charge in [0.05, 0.1) is 12.5 Å². The van der Waals surface area contributed by atoms with Gasteiger partial charge in [0.2, 0.25) is 6.29 Å². The van der Waals surface area contributed by atoms with Crippen LogP contribution in [0.25, 0.3) is 0 Å². The normalized spacial score (nSPS) is 14.3. The smallest absolute Gasteiger partial charge is 0.304 e. The summed E-state index contributed by atoms with van der Waals surface area (Å²) in [5, 5.41) is 18.6. The lowest BCUT2D eigenvalue weighted by molar-refractivity contribution is -0.170. The first kappa shape index (κ1) is 11.7. The molecule has 0 aromatic heterocycles. The fourth-order valence-corrected chi connectivity index (χ4v) is 1.31. The molecule has 0 bridgehead atoms. The molecule has 82 valence electrons. The molecule has 4 nitrogen and oxygen atoms in total. The van der Waals surface area contributed by atoms with E-state index in [0.29, 0.717) is 0 Å². The second-order valence-corrected chi connectivity index (χ2v) is 3.20. The van der Waals surface area contributed by atoms with E-state index in [1.54, 1.807) is 24.3 Å². The van der Waals surface area contributed by atoms with E-state index in [4.69, 9.17) is 5.11 Å². The molecule has 4 heteroatoms. The van der Waals surface area contributed by atoms with Crippen molar-refractivity contribution in [3.8, 4) is 0 Å². The van der Waals surface area contributed by atoms with E-state index < -0.39 is 18.2 Å². The molecule has 0 aliphatic rings. The van der Waals surface area contributed by atoms with Crippen molar-refractivity contribution in [2.75, 3.05) is 6.61 Å². The van der Waals surface area contributed by atoms with Gasteiger partial charge >= 0.3 is 5.97 Å². The van der Waals surface area contributed by atoms with Gasteiger partial charge in [-0.15, -0.1) is 0 Å². The van der Waals surface area contributed by atoms with Crippen molar-refractivity contribution in [3.05, 3.63) is 35.9 Å². The van der Waals surface area contributed by atoms with E-state index in [9.17, 15) is 9.90 Å². The molecular weight excluding hydrogens is 196 g/mol. The third-order valence-electron chi connectivity index (χ3n) is 2.06. The molecule has 0 fully saturated rings. The quantitative estimate of drug-likeness (QED) is 0.565. The summed E-state index contributed by atoms with van der Waals surface area (Å²) >= 11 is 0. The second-order valence-electron chi connectivity index (χ2n) is 3.20. The standard InChI is InChI=1S/C11H14O4/c1-8(13)15-11(14)10(7-12)9-5-3-2-4-6-9/h2-6,10-12,14H,7H2,1H3. The molecule has 1 rings (SSSR count). The van der Waals surface area contributed by atoms with Gasteiger partial charge in [-0.3, -0.25) is 4.79 Å². The number of rotatable bonds is 4. The maximum Gasteiger partial charge on any atom is 0.304 e. The largest absolute Gasteiger partial charge is 0.435 e. The number of hydrogen-bond acceptors (Lipinski definition) is 4. The predicted octanol–water partition coefficient (Wildman–Crippen LogP) is 0.644. The van der Waals surface area contributed by atoms with Crippen molar-refractivity contribution in [2.45, 2.75) is 19.1 Å². The van der Waals surface area contributed by atoms with Gasteiger partial charge in [0, 0.05) is 6.92 Å². The summed E-state index contributed by atoms with van der Waals surface area (Å²) in [4.78, 5) is 10.6. The van der Waals surface area contributed by atoms with E-state index in [1.165, 1.54) is 6.92 Å². The fraction of sp³-hybridized carbons (Fsp3) is 0.364. The zero-order valence-electron chi connectivity index (χ0n) is 8.46. The first-order valence-corrected chi connectivity index (χ1v) is 4.66. The summed E-state index contributed by atoms with van der Waals surface area (Å²) in [6.07, 6.45) is -1.31. The maximum absolute atomic E-state index is 10.6. The molecule has 0 aliphatic heterocycles. The summed E-state index contributed by atoms with van der Waals surface area (Å²) in [5.74, 6) is -1.17. The second kappa shape index (κ2) is 5.48. The molecule has 0 saturated heterocycles. The molecule has 1 aromatic rings. The lowest BCUT2D eigenvalue weighted by Gasteiger charge is -2.20. The minimum absolute atomic E-state index is 0.279. The van der Waals surface area contributed by atoms with Gasteiger partial charge in [-0.05, 0) is 5.56 Å². The van der Waals surface area contributed by atoms with Crippen LogP contribution in [0.4, 0.5) is 0 Å². The number of benzene rings is 1. The van der Waals surface area contributed by atoms with Crippen molar-refractivity contribution in [2.24, 2.45) is 0 Å². The maximum atomic E-state index is 10.6. The molecule has 0 radical (unpaired) electrons. The number of carbonyl (C=O) groups is 1. The molecule has 0 aliphatic carbocycles. The van der Waals surface area contributed by atoms with Gasteiger partial charge in [0.1, 0.15) is 0 Å². The van der Waals surface area contributed by atoms with Gasteiger partial charge in [0.25, 0.3) is 0 Å². The number of ether oxygens (including phenoxy) is 1. The fourth-order valence-electron chi connectivity index (χ4n) is 1.31. The van der Waals surface area contributed by atoms with Crippen LogP contribution in [0.15, 0.2) is 30.3 Å². The molecule has 0 saturated carbocycles. The Kier molecular flexibility index (Phi) is 4.27. The van der Waals surface area contributed by atoms with Crippen molar-refractivity contribution >= 4 is 5.97 Å². The number of esters is 1. The van der Waals surface area contributed by atoms with Crippen LogP contribution in [0.3, 0.4) is 0 Å². The highest BCUT2D eigenvalue weighted by Gasteiger charge is 2.22. The van der Waals surface area contributed by atoms with Crippen LogP contribution in [0.1, 0.15) is 18.4 Å². The van der Waals surface area contributed by atoms with Crippen LogP contribution in [0.2, 0.25) is 0 Å². The SMILES string of the molecule is CC(=O)OC(O)C(CO)c1ccccc1. The van der Waals surface area contributed by atoms with Gasteiger partial charge in [0.15, 0.2) is 0 Å². The Balaban J connectivity index is 2.75. The van der Waals surface area contributed by atoms with Crippen molar-refractivity contribution in [1.29, 1.82) is 0 Å². The third-order valence-corrected chi connectivity index (χ3v) is 2.06. The van der Waals surface area contributed by atoms with Gasteiger partial charge in [-0.25, -0.2) is 0 Å². The Hall–Kier alpha value is -1.39. The van der Waals surface area contributed by atoms with Crippen LogP contribution < -0.4 is 0 Å². The van der Waals surface area contributed by atoms with E-state index in [2.05, 4.69) is 4.74 Å². The highest BCUT2D eigenvalue weighted by molar-refractivity contribution is 5.66. The van der Waals surface area contributed by atoms with Crippen molar-refractivity contribution in [3.63, 3.8) is 0 Å². The first-order valence-electron chi connectivity index (χ1n) is 4.66. The monoisotopic (exact) mass is 210 g/mol. The van der Waals surface area contributed by atoms with Crippen LogP contribution in [-0.4, -0.2) is 29.1 Å². The Morgan fingerprint density at radius 3 is 2.47 bits per heavy atom. The molecule has 2 unspecified atom stereocenters. The van der Waals surface area contributed by atoms with E-state index in [0.717, 1.165) is 5.56 Å². The molecule has 15 heavy (non-hydrogen) atoms. The zero-order valence-corrected chi connectivity index (χ0v) is 8.46. The Morgan fingerprint density at radius 2 is 2.00 bits per heavy atom. The summed E-state index contributed by atoms with van der Waals surface area (Å²) in [6, 6.07) is 8.92. The van der Waals surface area contributed by atoms with E-state index >= 15 is 0 Å². The number of aliphatic hydroxyl groups excluding tert-OH is 2. The minimum Gasteiger partial charge on any atom is -0.435 e. The molecular formula is C11H14O4. The number of hydrogen-bond donors (Lipinski definition) is 2. The molecule has 1 aromatic carbocycles. The lowest BCUT2D eigenvalue weighted by Crippen LogP contribution is -2.26. The Labute approximate surface area is 88.1 Å². The van der Waals surface area contributed by atoms with Gasteiger partial charge < -0.3 is 14.9 Å². The summed E-state index contributed by atoms with van der Waals surface area (Å²) in [5.41, 5.74) is 0.730. The molecule has 2 atom stereocenters. The zero-order chi connectivity index (χ0) is 11.3. The van der Waals surface area contributed by atoms with Crippen LogP contribution >= 0.6 is 0 Å². The van der Waals surface area contributed by atoms with Gasteiger partial charge in [-0.1, -0.05) is 30.3 Å². The summed E-state index contributed by atoms with van der Waals surface area (Å²) in [6.45, 7) is 0.932. The average Bonchev–Trinajstić information content (AvgIpc) is 2.19. The van der Waals surface area contributed by atoms with Crippen LogP contribution in [0.5, 0.6) is 0 Å². The average molecular weight is 210 g/mol. The Morgan fingerprint density at radius 1 is 1.40 bits per heavy atom. The molecule has 0 spiro atoms. The first-order chi connectivity index (χ1) is 7.15. The van der Waals surface area contributed by atoms with Crippen molar-refractivity contribution in [1.82, 2.24) is 0 Å². The Bertz CT molecular complexity index is 310. The molecule has 0 heterocycles. The summed E-state index contributed by atoms with van der Waals surface area (Å²) in [7, 11) is 0. The van der Waals surface area contributed by atoms with Gasteiger partial charge in [-0.2, -0.15) is 0 Å². The van der Waals surface area contributed by atoms with E-state index in [1.807, 2.05) is 6.07 Å². The predicted molar refractivity (Wildman–Crippen MR) is 54.0 cm³/mol.